The van der Waals surface area contributed by atoms with Gasteiger partial charge in [-0.1, -0.05) is 24.3 Å². The molecular weight excluding hydrogens is 408 g/mol. The van der Waals surface area contributed by atoms with E-state index in [0.717, 1.165) is 34.6 Å². The molecule has 3 aromatic rings. The first-order valence-corrected chi connectivity index (χ1v) is 11.2. The molecule has 0 amide bonds. The molecule has 2 aromatic carbocycles. The van der Waals surface area contributed by atoms with E-state index in [-0.39, 0.29) is 17.7 Å². The van der Waals surface area contributed by atoms with Gasteiger partial charge in [-0.15, -0.1) is 11.3 Å². The third-order valence-corrected chi connectivity index (χ3v) is 7.03. The van der Waals surface area contributed by atoms with Gasteiger partial charge < -0.3 is 20.1 Å². The van der Waals surface area contributed by atoms with Crippen molar-refractivity contribution in [3.63, 3.8) is 0 Å². The number of allylic oxidation sites excluding steroid dienone is 1. The van der Waals surface area contributed by atoms with Gasteiger partial charge in [-0.2, -0.15) is 0 Å². The van der Waals surface area contributed by atoms with Gasteiger partial charge in [0, 0.05) is 28.5 Å². The number of para-hydroxylation sites is 2. The number of rotatable bonds is 4. The molecule has 0 saturated carbocycles. The highest BCUT2D eigenvalue weighted by atomic mass is 32.1. The number of hydrogen-bond donors (Lipinski definition) is 2. The number of anilines is 2. The zero-order chi connectivity index (χ0) is 21.4. The van der Waals surface area contributed by atoms with Gasteiger partial charge >= 0.3 is 0 Å². The highest BCUT2D eigenvalue weighted by Crippen LogP contribution is 2.45. The number of benzene rings is 2. The summed E-state index contributed by atoms with van der Waals surface area (Å²) in [5.74, 6) is 1.69. The predicted molar refractivity (Wildman–Crippen MR) is 124 cm³/mol. The van der Waals surface area contributed by atoms with E-state index < -0.39 is 0 Å². The van der Waals surface area contributed by atoms with Gasteiger partial charge in [-0.25, -0.2) is 0 Å². The summed E-state index contributed by atoms with van der Waals surface area (Å²) in [7, 11) is 3.25. The SMILES string of the molecule is COc1ccc([C@H]2Nc3ccccc3NC3=C2C(=O)C[C@@H](c2cccs2)C3)cc1OC. The van der Waals surface area contributed by atoms with Crippen LogP contribution in [0.4, 0.5) is 11.4 Å². The number of fused-ring (bicyclic) bond motifs is 1. The summed E-state index contributed by atoms with van der Waals surface area (Å²) in [4.78, 5) is 14.8. The van der Waals surface area contributed by atoms with Crippen LogP contribution in [0.15, 0.2) is 71.2 Å². The zero-order valence-electron chi connectivity index (χ0n) is 17.5. The Morgan fingerprint density at radius 1 is 0.935 bits per heavy atom. The van der Waals surface area contributed by atoms with E-state index in [2.05, 4.69) is 28.1 Å². The van der Waals surface area contributed by atoms with E-state index in [1.54, 1.807) is 25.6 Å². The average Bonchev–Trinajstić information content (AvgIpc) is 3.27. The summed E-state index contributed by atoms with van der Waals surface area (Å²) in [6, 6.07) is 17.8. The molecular formula is C25H24N2O3S. The summed E-state index contributed by atoms with van der Waals surface area (Å²) in [5.41, 5.74) is 4.71. The van der Waals surface area contributed by atoms with Crippen molar-refractivity contribution in [1.29, 1.82) is 0 Å². The van der Waals surface area contributed by atoms with Crippen LogP contribution in [0.2, 0.25) is 0 Å². The molecule has 0 saturated heterocycles. The van der Waals surface area contributed by atoms with Crippen molar-refractivity contribution in [2.75, 3.05) is 24.9 Å². The Labute approximate surface area is 185 Å². The Morgan fingerprint density at radius 3 is 2.48 bits per heavy atom. The zero-order valence-corrected chi connectivity index (χ0v) is 18.3. The van der Waals surface area contributed by atoms with Crippen molar-refractivity contribution in [2.45, 2.75) is 24.8 Å². The summed E-state index contributed by atoms with van der Waals surface area (Å²) < 4.78 is 10.9. The monoisotopic (exact) mass is 432 g/mol. The number of carbonyl (C=O) groups is 1. The molecule has 0 unspecified atom stereocenters. The minimum atomic E-state index is -0.275. The molecule has 1 aliphatic carbocycles. The van der Waals surface area contributed by atoms with Crippen LogP contribution < -0.4 is 20.1 Å². The molecule has 0 bridgehead atoms. The molecule has 2 heterocycles. The first-order valence-electron chi connectivity index (χ1n) is 10.3. The molecule has 0 fully saturated rings. The molecule has 5 nitrogen and oxygen atoms in total. The lowest BCUT2D eigenvalue weighted by atomic mass is 9.80. The highest BCUT2D eigenvalue weighted by molar-refractivity contribution is 7.10. The molecule has 2 N–H and O–H groups in total. The Kier molecular flexibility index (Phi) is 5.16. The maximum atomic E-state index is 13.5. The first-order chi connectivity index (χ1) is 15.2. The minimum Gasteiger partial charge on any atom is -0.493 e. The van der Waals surface area contributed by atoms with Crippen LogP contribution in [0.5, 0.6) is 11.5 Å². The molecule has 31 heavy (non-hydrogen) atoms. The second-order valence-corrected chi connectivity index (χ2v) is 8.78. The van der Waals surface area contributed by atoms with Crippen LogP contribution >= 0.6 is 11.3 Å². The average molecular weight is 433 g/mol. The lowest BCUT2D eigenvalue weighted by molar-refractivity contribution is -0.116. The Hall–Kier alpha value is -3.25. The third-order valence-electron chi connectivity index (χ3n) is 6.00. The van der Waals surface area contributed by atoms with Gasteiger partial charge in [0.2, 0.25) is 0 Å². The molecule has 6 heteroatoms. The van der Waals surface area contributed by atoms with Gasteiger partial charge in [0.25, 0.3) is 0 Å². The number of hydrogen-bond acceptors (Lipinski definition) is 6. The number of carbonyl (C=O) groups excluding carboxylic acids is 1. The fourth-order valence-corrected chi connectivity index (χ4v) is 5.33. The molecule has 5 rings (SSSR count). The molecule has 158 valence electrons. The fraction of sp³-hybridized carbons (Fsp3) is 0.240. The summed E-state index contributed by atoms with van der Waals surface area (Å²) in [5, 5.41) is 9.27. The Balaban J connectivity index is 1.63. The van der Waals surface area contributed by atoms with Crippen molar-refractivity contribution in [1.82, 2.24) is 0 Å². The van der Waals surface area contributed by atoms with Gasteiger partial charge in [0.15, 0.2) is 17.3 Å². The number of thiophene rings is 1. The second kappa shape index (κ2) is 8.12. The van der Waals surface area contributed by atoms with Crippen molar-refractivity contribution in [2.24, 2.45) is 0 Å². The molecule has 2 aliphatic rings. The minimum absolute atomic E-state index is 0.173. The fourth-order valence-electron chi connectivity index (χ4n) is 4.50. The summed E-state index contributed by atoms with van der Waals surface area (Å²) >= 11 is 1.72. The third kappa shape index (κ3) is 3.57. The lowest BCUT2D eigenvalue weighted by Crippen LogP contribution is -2.26. The predicted octanol–water partition coefficient (Wildman–Crippen LogP) is 5.74. The van der Waals surface area contributed by atoms with E-state index in [0.29, 0.717) is 17.9 Å². The molecule has 1 aliphatic heterocycles. The van der Waals surface area contributed by atoms with Crippen molar-refractivity contribution in [3.8, 4) is 11.5 Å². The van der Waals surface area contributed by atoms with E-state index in [1.165, 1.54) is 4.88 Å². The quantitative estimate of drug-likeness (QED) is 0.550. The normalized spacial score (nSPS) is 20.1. The molecule has 0 radical (unpaired) electrons. The van der Waals surface area contributed by atoms with Crippen LogP contribution in [-0.4, -0.2) is 20.0 Å². The maximum Gasteiger partial charge on any atom is 0.163 e. The number of methoxy groups -OCH3 is 2. The standard InChI is InChI=1S/C25H24N2O3S/c1-29-21-10-9-15(14-22(21)30-2)25-24-19(26-17-6-3-4-7-18(17)27-25)12-16(13-20(24)28)23-8-5-11-31-23/h3-11,14,16,25-27H,12-13H2,1-2H3/t16-,25+/m0/s1. The molecule has 2 atom stereocenters. The topological polar surface area (TPSA) is 59.6 Å². The smallest absolute Gasteiger partial charge is 0.163 e. The second-order valence-electron chi connectivity index (χ2n) is 7.80. The first kappa shape index (κ1) is 19.7. The van der Waals surface area contributed by atoms with Crippen LogP contribution in [0.25, 0.3) is 0 Å². The van der Waals surface area contributed by atoms with Gasteiger partial charge in [-0.05, 0) is 47.7 Å². The number of nitrogens with one attached hydrogen (secondary N) is 2. The summed E-state index contributed by atoms with van der Waals surface area (Å²) in [6.07, 6.45) is 1.32. The largest absolute Gasteiger partial charge is 0.493 e. The van der Waals surface area contributed by atoms with Gasteiger partial charge in [0.05, 0.1) is 31.6 Å². The van der Waals surface area contributed by atoms with Crippen molar-refractivity contribution in [3.05, 3.63) is 81.7 Å². The highest BCUT2D eigenvalue weighted by Gasteiger charge is 2.36. The van der Waals surface area contributed by atoms with Crippen molar-refractivity contribution < 1.29 is 14.3 Å². The number of ketones is 1. The van der Waals surface area contributed by atoms with E-state index >= 15 is 0 Å². The van der Waals surface area contributed by atoms with E-state index in [9.17, 15) is 4.79 Å². The van der Waals surface area contributed by atoms with Gasteiger partial charge in [-0.3, -0.25) is 4.79 Å². The van der Waals surface area contributed by atoms with Crippen LogP contribution in [-0.2, 0) is 4.79 Å². The molecule has 1 aromatic heterocycles. The molecule has 0 spiro atoms. The van der Waals surface area contributed by atoms with Crippen LogP contribution in [0.3, 0.4) is 0 Å². The number of ether oxygens (including phenoxy) is 2. The Bertz CT molecular complexity index is 1150. The van der Waals surface area contributed by atoms with Crippen LogP contribution in [0.1, 0.15) is 35.2 Å². The summed E-state index contributed by atoms with van der Waals surface area (Å²) in [6.45, 7) is 0. The number of Topliss-reactive ketones (excluding diaryl/α,β-unsaturated/α-hetero) is 1. The van der Waals surface area contributed by atoms with Gasteiger partial charge in [0.1, 0.15) is 0 Å². The van der Waals surface area contributed by atoms with Crippen molar-refractivity contribution >= 4 is 28.5 Å². The van der Waals surface area contributed by atoms with E-state index in [1.807, 2.05) is 42.5 Å². The lowest BCUT2D eigenvalue weighted by Gasteiger charge is -2.29. The van der Waals surface area contributed by atoms with E-state index in [4.69, 9.17) is 9.47 Å². The Morgan fingerprint density at radius 2 is 1.74 bits per heavy atom. The maximum absolute atomic E-state index is 13.5. The van der Waals surface area contributed by atoms with Crippen LogP contribution in [0, 0.1) is 0 Å².